The number of benzene rings is 1. The number of rotatable bonds is 6. The third-order valence-electron chi connectivity index (χ3n) is 3.84. The second kappa shape index (κ2) is 9.56. The molecular weight excluding hydrogens is 337 g/mol. The summed E-state index contributed by atoms with van der Waals surface area (Å²) in [5, 5.41) is 15.1. The molecule has 2 rings (SSSR count). The molecule has 3 N–H and O–H groups in total. The number of β-amino-alcohol motifs (C(OH)–C–C–N with tert-alkyl or cyclic N) is 1. The third kappa shape index (κ3) is 5.74. The topological polar surface area (TPSA) is 81.7 Å². The summed E-state index contributed by atoms with van der Waals surface area (Å²) in [6, 6.07) is 5.43. The normalized spacial score (nSPS) is 19.5. The molecule has 2 amide bonds. The molecule has 6 nitrogen and oxygen atoms in total. The van der Waals surface area contributed by atoms with Crippen LogP contribution in [0.1, 0.15) is 18.9 Å². The lowest BCUT2D eigenvalue weighted by Crippen LogP contribution is -2.47. The molecule has 0 radical (unpaired) electrons. The van der Waals surface area contributed by atoms with Crippen LogP contribution in [0, 0.1) is 5.82 Å². The van der Waals surface area contributed by atoms with Crippen molar-refractivity contribution in [1.82, 2.24) is 15.5 Å². The molecule has 1 saturated heterocycles. The number of carbonyl (C=O) groups is 2. The summed E-state index contributed by atoms with van der Waals surface area (Å²) in [4.78, 5) is 25.7. The molecule has 0 spiro atoms. The van der Waals surface area contributed by atoms with Gasteiger partial charge in [0.15, 0.2) is 0 Å². The summed E-state index contributed by atoms with van der Waals surface area (Å²) in [6.07, 6.45) is -0.151. The molecule has 0 saturated carbocycles. The highest BCUT2D eigenvalue weighted by molar-refractivity contribution is 5.87. The van der Waals surface area contributed by atoms with Gasteiger partial charge in [0.05, 0.1) is 18.7 Å². The van der Waals surface area contributed by atoms with E-state index in [9.17, 15) is 19.1 Å². The van der Waals surface area contributed by atoms with E-state index in [0.29, 0.717) is 19.5 Å². The van der Waals surface area contributed by atoms with Crippen molar-refractivity contribution in [3.8, 4) is 0 Å². The van der Waals surface area contributed by atoms with Gasteiger partial charge in [-0.2, -0.15) is 0 Å². The van der Waals surface area contributed by atoms with Gasteiger partial charge in [0.2, 0.25) is 11.8 Å². The summed E-state index contributed by atoms with van der Waals surface area (Å²) < 4.78 is 12.8. The first kappa shape index (κ1) is 20.3. The van der Waals surface area contributed by atoms with Crippen LogP contribution in [0.5, 0.6) is 0 Å². The van der Waals surface area contributed by atoms with Gasteiger partial charge in [-0.3, -0.25) is 9.59 Å². The van der Waals surface area contributed by atoms with Gasteiger partial charge >= 0.3 is 0 Å². The number of aliphatic hydroxyl groups excluding tert-OH is 1. The Bertz CT molecular complexity index is 556. The van der Waals surface area contributed by atoms with Crippen molar-refractivity contribution in [1.29, 1.82) is 0 Å². The molecule has 1 aliphatic rings. The number of likely N-dealkylation sites (N-methyl/N-ethyl adjacent to an activating group) is 1. The van der Waals surface area contributed by atoms with Gasteiger partial charge in [-0.25, -0.2) is 4.39 Å². The SMILES string of the molecule is CCN(CC(=O)NCc1ccc(F)cc1)C(=O)C1CC(O)CN1.Cl. The van der Waals surface area contributed by atoms with Gasteiger partial charge in [0.1, 0.15) is 5.82 Å². The molecule has 1 aromatic rings. The average molecular weight is 360 g/mol. The number of nitrogens with one attached hydrogen (secondary N) is 2. The molecule has 1 aliphatic heterocycles. The maximum atomic E-state index is 12.8. The highest BCUT2D eigenvalue weighted by Gasteiger charge is 2.31. The maximum Gasteiger partial charge on any atom is 0.240 e. The third-order valence-corrected chi connectivity index (χ3v) is 3.84. The van der Waals surface area contributed by atoms with Crippen molar-refractivity contribution < 1.29 is 19.1 Å². The van der Waals surface area contributed by atoms with Crippen molar-refractivity contribution in [3.05, 3.63) is 35.6 Å². The highest BCUT2D eigenvalue weighted by atomic mass is 35.5. The van der Waals surface area contributed by atoms with E-state index in [2.05, 4.69) is 10.6 Å². The molecule has 0 bridgehead atoms. The Morgan fingerprint density at radius 1 is 1.38 bits per heavy atom. The minimum absolute atomic E-state index is 0. The molecule has 2 unspecified atom stereocenters. The number of amides is 2. The fraction of sp³-hybridized carbons (Fsp3) is 0.500. The Hall–Kier alpha value is -1.70. The van der Waals surface area contributed by atoms with E-state index in [1.165, 1.54) is 17.0 Å². The monoisotopic (exact) mass is 359 g/mol. The van der Waals surface area contributed by atoms with E-state index < -0.39 is 12.1 Å². The first-order chi connectivity index (χ1) is 11.0. The molecular formula is C16H23ClFN3O3. The van der Waals surface area contributed by atoms with Crippen LogP contribution in [0.3, 0.4) is 0 Å². The van der Waals surface area contributed by atoms with Crippen molar-refractivity contribution in [2.24, 2.45) is 0 Å². The zero-order valence-corrected chi connectivity index (χ0v) is 14.3. The Kier molecular flexibility index (Phi) is 8.10. The van der Waals surface area contributed by atoms with Crippen LogP contribution >= 0.6 is 12.4 Å². The summed E-state index contributed by atoms with van der Waals surface area (Å²) in [7, 11) is 0. The summed E-state index contributed by atoms with van der Waals surface area (Å²) in [5.41, 5.74) is 0.787. The van der Waals surface area contributed by atoms with Crippen molar-refractivity contribution in [2.45, 2.75) is 32.0 Å². The summed E-state index contributed by atoms with van der Waals surface area (Å²) in [6.45, 7) is 2.86. The van der Waals surface area contributed by atoms with Gasteiger partial charge < -0.3 is 20.6 Å². The number of carbonyl (C=O) groups excluding carboxylic acids is 2. The highest BCUT2D eigenvalue weighted by Crippen LogP contribution is 2.09. The standard InChI is InChI=1S/C16H22FN3O3.ClH/c1-2-20(16(23)14-7-13(21)9-18-14)10-15(22)19-8-11-3-5-12(17)6-4-11;/h3-6,13-14,18,21H,2,7-10H2,1H3,(H,19,22);1H. The number of halogens is 2. The molecule has 0 aromatic heterocycles. The smallest absolute Gasteiger partial charge is 0.240 e. The number of aliphatic hydroxyl groups is 1. The molecule has 0 aliphatic carbocycles. The number of hydrogen-bond donors (Lipinski definition) is 3. The minimum Gasteiger partial charge on any atom is -0.392 e. The Balaban J connectivity index is 0.00000288. The van der Waals surface area contributed by atoms with Gasteiger partial charge in [0.25, 0.3) is 0 Å². The Labute approximate surface area is 146 Å². The van der Waals surface area contributed by atoms with E-state index >= 15 is 0 Å². The van der Waals surface area contributed by atoms with Crippen LogP contribution in [0.15, 0.2) is 24.3 Å². The average Bonchev–Trinajstić information content (AvgIpc) is 2.98. The van der Waals surface area contributed by atoms with Crippen LogP contribution in [-0.4, -0.2) is 53.6 Å². The first-order valence-electron chi connectivity index (χ1n) is 7.71. The predicted octanol–water partition coefficient (Wildman–Crippen LogP) is 0.435. The second-order valence-electron chi connectivity index (χ2n) is 5.61. The minimum atomic E-state index is -0.519. The number of hydrogen-bond acceptors (Lipinski definition) is 4. The summed E-state index contributed by atoms with van der Waals surface area (Å²) >= 11 is 0. The van der Waals surface area contributed by atoms with Crippen molar-refractivity contribution in [3.63, 3.8) is 0 Å². The van der Waals surface area contributed by atoms with E-state index in [4.69, 9.17) is 0 Å². The van der Waals surface area contributed by atoms with Gasteiger partial charge in [-0.15, -0.1) is 12.4 Å². The molecule has 1 fully saturated rings. The summed E-state index contributed by atoms with van der Waals surface area (Å²) in [5.74, 6) is -0.780. The van der Waals surface area contributed by atoms with Gasteiger partial charge in [-0.1, -0.05) is 12.1 Å². The maximum absolute atomic E-state index is 12.8. The van der Waals surface area contributed by atoms with Crippen molar-refractivity contribution >= 4 is 24.2 Å². The lowest BCUT2D eigenvalue weighted by atomic mass is 10.2. The van der Waals surface area contributed by atoms with Gasteiger partial charge in [0, 0.05) is 19.6 Å². The van der Waals surface area contributed by atoms with Crippen LogP contribution in [0.2, 0.25) is 0 Å². The molecule has 1 heterocycles. The molecule has 134 valence electrons. The van der Waals surface area contributed by atoms with E-state index in [1.54, 1.807) is 19.1 Å². The quantitative estimate of drug-likeness (QED) is 0.688. The van der Waals surface area contributed by atoms with E-state index in [-0.39, 0.29) is 43.1 Å². The fourth-order valence-corrected chi connectivity index (χ4v) is 2.50. The number of nitrogens with zero attached hydrogens (tertiary/aromatic N) is 1. The molecule has 24 heavy (non-hydrogen) atoms. The van der Waals surface area contributed by atoms with Crippen LogP contribution in [0.4, 0.5) is 4.39 Å². The van der Waals surface area contributed by atoms with Gasteiger partial charge in [-0.05, 0) is 31.0 Å². The van der Waals surface area contributed by atoms with Crippen LogP contribution in [-0.2, 0) is 16.1 Å². The second-order valence-corrected chi connectivity index (χ2v) is 5.61. The lowest BCUT2D eigenvalue weighted by Gasteiger charge is -2.23. The fourth-order valence-electron chi connectivity index (χ4n) is 2.50. The molecule has 2 atom stereocenters. The Morgan fingerprint density at radius 3 is 2.58 bits per heavy atom. The first-order valence-corrected chi connectivity index (χ1v) is 7.71. The predicted molar refractivity (Wildman–Crippen MR) is 90.2 cm³/mol. The van der Waals surface area contributed by atoms with E-state index in [1.807, 2.05) is 0 Å². The molecule has 8 heteroatoms. The largest absolute Gasteiger partial charge is 0.392 e. The van der Waals surface area contributed by atoms with Crippen LogP contribution < -0.4 is 10.6 Å². The van der Waals surface area contributed by atoms with E-state index in [0.717, 1.165) is 5.56 Å². The zero-order valence-electron chi connectivity index (χ0n) is 13.5. The molecule has 1 aromatic carbocycles. The zero-order chi connectivity index (χ0) is 16.8. The Morgan fingerprint density at radius 2 is 2.04 bits per heavy atom. The van der Waals surface area contributed by atoms with Crippen LogP contribution in [0.25, 0.3) is 0 Å². The lowest BCUT2D eigenvalue weighted by molar-refractivity contribution is -0.137. The van der Waals surface area contributed by atoms with Crippen molar-refractivity contribution in [2.75, 3.05) is 19.6 Å².